The van der Waals surface area contributed by atoms with Crippen molar-refractivity contribution in [3.05, 3.63) is 89.3 Å². The molecule has 0 bridgehead atoms. The number of ketones is 1. The van der Waals surface area contributed by atoms with E-state index in [1.807, 2.05) is 38.1 Å². The molecule has 1 unspecified atom stereocenters. The van der Waals surface area contributed by atoms with Crippen molar-refractivity contribution in [3.8, 4) is 0 Å². The molecule has 0 aliphatic heterocycles. The van der Waals surface area contributed by atoms with Gasteiger partial charge >= 0.3 is 0 Å². The Balaban J connectivity index is 0.00000480. The van der Waals surface area contributed by atoms with E-state index < -0.39 is 6.29 Å². The van der Waals surface area contributed by atoms with E-state index in [1.54, 1.807) is 18.5 Å². The quantitative estimate of drug-likeness (QED) is 0.315. The summed E-state index contributed by atoms with van der Waals surface area (Å²) in [7, 11) is 0. The average molecular weight is 429 g/mol. The van der Waals surface area contributed by atoms with Gasteiger partial charge in [-0.15, -0.1) is 0 Å². The predicted molar refractivity (Wildman–Crippen MR) is 123 cm³/mol. The van der Waals surface area contributed by atoms with Crippen molar-refractivity contribution in [1.29, 1.82) is 0 Å². The number of hydrogen-bond donors (Lipinski definition) is 2. The summed E-state index contributed by atoms with van der Waals surface area (Å²) in [5.74, 6) is -0.00736. The number of pyridine rings is 1. The third-order valence-corrected chi connectivity index (χ3v) is 4.69. The number of Topliss-reactive ketones (excluding diaryl/α,β-unsaturated/α-hetero) is 1. The van der Waals surface area contributed by atoms with E-state index in [0.29, 0.717) is 25.0 Å². The Labute approximate surface area is 184 Å². The monoisotopic (exact) mass is 428 g/mol. The topological polar surface area (TPSA) is 85.4 Å². The highest BCUT2D eigenvalue weighted by Gasteiger charge is 2.15. The molecule has 0 amide bonds. The maximum Gasteiger partial charge on any atom is 0.167 e. The number of nitrogens with two attached hydrogens (primary N) is 1. The first-order valence-electron chi connectivity index (χ1n) is 10.3. The third-order valence-electron chi connectivity index (χ3n) is 4.69. The normalized spacial score (nSPS) is 15.6. The van der Waals surface area contributed by atoms with Crippen molar-refractivity contribution < 1.29 is 19.3 Å². The summed E-state index contributed by atoms with van der Waals surface area (Å²) in [4.78, 5) is 16.8. The van der Waals surface area contributed by atoms with Gasteiger partial charge in [-0.2, -0.15) is 0 Å². The molecule has 168 valence electrons. The molecule has 0 saturated carbocycles. The maximum absolute atomic E-state index is 12.8. The van der Waals surface area contributed by atoms with Crippen LogP contribution in [0, 0.1) is 0 Å². The van der Waals surface area contributed by atoms with Gasteiger partial charge in [0.15, 0.2) is 12.1 Å². The van der Waals surface area contributed by atoms with Crippen molar-refractivity contribution in [2.45, 2.75) is 51.9 Å². The Morgan fingerprint density at radius 1 is 1.35 bits per heavy atom. The molecular formula is C25H33FN2O3. The molecule has 1 heterocycles. The summed E-state index contributed by atoms with van der Waals surface area (Å²) in [6.45, 7) is 7.98. The SMILES string of the molecule is C=C/C(=C\C(=C\CN)C1=CC(CC(O)OC(C)C)=CCC1)C(=O)Cc1ccncc1.F. The van der Waals surface area contributed by atoms with Crippen molar-refractivity contribution in [2.24, 2.45) is 5.73 Å². The molecule has 3 N–H and O–H groups in total. The van der Waals surface area contributed by atoms with Crippen molar-refractivity contribution in [1.82, 2.24) is 4.98 Å². The lowest BCUT2D eigenvalue weighted by Crippen LogP contribution is -2.18. The summed E-state index contributed by atoms with van der Waals surface area (Å²) in [5, 5.41) is 10.1. The van der Waals surface area contributed by atoms with Crippen LogP contribution in [-0.2, 0) is 16.0 Å². The first kappa shape index (κ1) is 26.4. The minimum atomic E-state index is -0.838. The third kappa shape index (κ3) is 8.92. The Morgan fingerprint density at radius 3 is 2.68 bits per heavy atom. The molecule has 1 atom stereocenters. The zero-order valence-corrected chi connectivity index (χ0v) is 18.3. The highest BCUT2D eigenvalue weighted by molar-refractivity contribution is 5.99. The van der Waals surface area contributed by atoms with Crippen LogP contribution in [0.3, 0.4) is 0 Å². The molecule has 31 heavy (non-hydrogen) atoms. The molecule has 0 spiro atoms. The fourth-order valence-electron chi connectivity index (χ4n) is 3.32. The molecule has 0 aromatic carbocycles. The first-order valence-corrected chi connectivity index (χ1v) is 10.3. The van der Waals surface area contributed by atoms with Crippen LogP contribution >= 0.6 is 0 Å². The fraction of sp³-hybridized carbons (Fsp3) is 0.360. The molecule has 1 aliphatic rings. The predicted octanol–water partition coefficient (Wildman–Crippen LogP) is 4.12. The molecule has 0 fully saturated rings. The van der Waals surface area contributed by atoms with Crippen molar-refractivity contribution >= 4 is 5.78 Å². The summed E-state index contributed by atoms with van der Waals surface area (Å²) in [5.41, 5.74) is 10.3. The number of allylic oxidation sites excluding steroid dienone is 7. The molecule has 6 heteroatoms. The molecule has 1 aromatic rings. The summed E-state index contributed by atoms with van der Waals surface area (Å²) >= 11 is 0. The van der Waals surface area contributed by atoms with Gasteiger partial charge in [-0.1, -0.05) is 30.9 Å². The van der Waals surface area contributed by atoms with Crippen LogP contribution in [0.25, 0.3) is 0 Å². The van der Waals surface area contributed by atoms with Gasteiger partial charge in [0, 0.05) is 37.4 Å². The zero-order chi connectivity index (χ0) is 21.9. The summed E-state index contributed by atoms with van der Waals surface area (Å²) < 4.78 is 5.44. The number of carbonyl (C=O) groups is 1. The maximum atomic E-state index is 12.8. The molecule has 0 saturated heterocycles. The number of aliphatic hydroxyl groups is 1. The smallest absolute Gasteiger partial charge is 0.167 e. The van der Waals surface area contributed by atoms with Crippen LogP contribution in [0.5, 0.6) is 0 Å². The van der Waals surface area contributed by atoms with Crippen molar-refractivity contribution in [2.75, 3.05) is 6.54 Å². The highest BCUT2D eigenvalue weighted by Crippen LogP contribution is 2.28. The van der Waals surface area contributed by atoms with Crippen molar-refractivity contribution in [3.63, 3.8) is 0 Å². The van der Waals surface area contributed by atoms with Crippen LogP contribution < -0.4 is 5.73 Å². The highest BCUT2D eigenvalue weighted by atomic mass is 19.0. The number of nitrogens with zero attached hydrogens (tertiary/aromatic N) is 1. The van der Waals surface area contributed by atoms with E-state index in [4.69, 9.17) is 10.5 Å². The fourth-order valence-corrected chi connectivity index (χ4v) is 3.32. The van der Waals surface area contributed by atoms with Gasteiger partial charge in [-0.25, -0.2) is 0 Å². The minimum Gasteiger partial charge on any atom is -0.368 e. The number of hydrogen-bond acceptors (Lipinski definition) is 5. The summed E-state index contributed by atoms with van der Waals surface area (Å²) in [6, 6.07) is 3.67. The van der Waals surface area contributed by atoms with Crippen LogP contribution in [0.15, 0.2) is 83.8 Å². The van der Waals surface area contributed by atoms with Gasteiger partial charge < -0.3 is 15.6 Å². The Morgan fingerprint density at radius 2 is 2.06 bits per heavy atom. The number of carbonyl (C=O) groups excluding carboxylic acids is 1. The lowest BCUT2D eigenvalue weighted by Gasteiger charge is -2.19. The largest absolute Gasteiger partial charge is 0.368 e. The number of aliphatic hydroxyl groups excluding tert-OH is 1. The van der Waals surface area contributed by atoms with Gasteiger partial charge in [0.1, 0.15) is 0 Å². The molecule has 2 rings (SSSR count). The van der Waals surface area contributed by atoms with Crippen LogP contribution in [-0.4, -0.2) is 34.8 Å². The van der Waals surface area contributed by atoms with E-state index >= 15 is 0 Å². The summed E-state index contributed by atoms with van der Waals surface area (Å²) in [6.07, 6.45) is 14.4. The van der Waals surface area contributed by atoms with Crippen LogP contribution in [0.1, 0.15) is 38.7 Å². The first-order chi connectivity index (χ1) is 14.4. The van der Waals surface area contributed by atoms with Gasteiger partial charge in [-0.3, -0.25) is 14.5 Å². The second-order valence-electron chi connectivity index (χ2n) is 7.49. The van der Waals surface area contributed by atoms with E-state index in [1.165, 1.54) is 0 Å². The number of ether oxygens (including phenoxy) is 1. The lowest BCUT2D eigenvalue weighted by atomic mass is 9.90. The Kier molecular flexibility index (Phi) is 11.6. The van der Waals surface area contributed by atoms with E-state index in [-0.39, 0.29) is 16.6 Å². The second-order valence-corrected chi connectivity index (χ2v) is 7.49. The molecule has 1 aromatic heterocycles. The van der Waals surface area contributed by atoms with Gasteiger partial charge in [-0.05, 0) is 67.2 Å². The Bertz CT molecular complexity index is 855. The second kappa shape index (κ2) is 13.6. The molecule has 0 radical (unpaired) electrons. The molecular weight excluding hydrogens is 395 g/mol. The van der Waals surface area contributed by atoms with Crippen LogP contribution in [0.4, 0.5) is 4.70 Å². The lowest BCUT2D eigenvalue weighted by molar-refractivity contribution is -0.123. The average Bonchev–Trinajstić information content (AvgIpc) is 2.71. The number of halogens is 1. The van der Waals surface area contributed by atoms with E-state index in [0.717, 1.165) is 35.1 Å². The number of rotatable bonds is 11. The zero-order valence-electron chi connectivity index (χ0n) is 18.3. The van der Waals surface area contributed by atoms with Crippen LogP contribution in [0.2, 0.25) is 0 Å². The Hall–Kier alpha value is -2.67. The standard InChI is InChI=1S/C25H32N2O3.FH/c1-4-21(24(28)15-19-9-12-27-13-10-19)17-23(8-11-26)22-7-5-6-20(14-22)16-25(29)30-18(2)3;/h4,6,8-10,12-14,17-18,25,29H,1,5,7,11,15-16,26H2,2-3H3;1H/b21-17+,23-8-;. The molecule has 1 aliphatic carbocycles. The minimum absolute atomic E-state index is 0. The van der Waals surface area contributed by atoms with E-state index in [2.05, 4.69) is 23.7 Å². The van der Waals surface area contributed by atoms with Gasteiger partial charge in [0.05, 0.1) is 6.10 Å². The van der Waals surface area contributed by atoms with Gasteiger partial charge in [0.25, 0.3) is 0 Å². The number of aromatic nitrogens is 1. The molecule has 5 nitrogen and oxygen atoms in total. The van der Waals surface area contributed by atoms with E-state index in [9.17, 15) is 9.90 Å². The van der Waals surface area contributed by atoms with Gasteiger partial charge in [0.2, 0.25) is 0 Å².